The molecule has 5 aromatic rings. The molecule has 0 aliphatic rings. The van der Waals surface area contributed by atoms with Gasteiger partial charge in [-0.25, -0.2) is 4.98 Å². The Labute approximate surface area is 156 Å². The molecule has 0 saturated carbocycles. The van der Waals surface area contributed by atoms with Crippen LogP contribution in [0, 0.1) is 0 Å². The normalized spacial score (nSPS) is 11.0. The lowest BCUT2D eigenvalue weighted by Gasteiger charge is -2.09. The molecule has 27 heavy (non-hydrogen) atoms. The summed E-state index contributed by atoms with van der Waals surface area (Å²) in [5.74, 6) is 0.588. The van der Waals surface area contributed by atoms with Gasteiger partial charge in [0.1, 0.15) is 11.4 Å². The third-order valence-corrected chi connectivity index (χ3v) is 4.55. The zero-order valence-corrected chi connectivity index (χ0v) is 14.5. The standard InChI is InChI=1S/C23H16N4/c1-3-9-16(10-4-1)21-22(17-11-5-2-6-12-17)26-27-23(25-21)20-15-18-13-7-8-14-19(18)24-20/h1-15,24H. The van der Waals surface area contributed by atoms with Crippen molar-refractivity contribution in [3.63, 3.8) is 0 Å². The molecule has 5 rings (SSSR count). The van der Waals surface area contributed by atoms with Gasteiger partial charge in [0.25, 0.3) is 0 Å². The number of hydrogen-bond acceptors (Lipinski definition) is 3. The van der Waals surface area contributed by atoms with Gasteiger partial charge in [0, 0.05) is 22.0 Å². The Balaban J connectivity index is 1.71. The van der Waals surface area contributed by atoms with Crippen LogP contribution in [0.5, 0.6) is 0 Å². The zero-order chi connectivity index (χ0) is 18.1. The van der Waals surface area contributed by atoms with Crippen LogP contribution in [0.4, 0.5) is 0 Å². The molecule has 1 N–H and O–H groups in total. The summed E-state index contributed by atoms with van der Waals surface area (Å²) in [7, 11) is 0. The smallest absolute Gasteiger partial charge is 0.198 e. The van der Waals surface area contributed by atoms with E-state index >= 15 is 0 Å². The van der Waals surface area contributed by atoms with E-state index in [1.54, 1.807) is 0 Å². The molecular formula is C23H16N4. The predicted molar refractivity (Wildman–Crippen MR) is 108 cm³/mol. The predicted octanol–water partition coefficient (Wildman–Crippen LogP) is 5.35. The topological polar surface area (TPSA) is 54.5 Å². The van der Waals surface area contributed by atoms with Gasteiger partial charge in [-0.05, 0) is 12.1 Å². The van der Waals surface area contributed by atoms with Gasteiger partial charge >= 0.3 is 0 Å². The van der Waals surface area contributed by atoms with E-state index in [2.05, 4.69) is 27.3 Å². The molecule has 0 spiro atoms. The maximum absolute atomic E-state index is 4.88. The van der Waals surface area contributed by atoms with Crippen molar-refractivity contribution in [3.8, 4) is 34.0 Å². The number of aromatic nitrogens is 4. The van der Waals surface area contributed by atoms with Crippen molar-refractivity contribution >= 4 is 10.9 Å². The lowest BCUT2D eigenvalue weighted by atomic mass is 10.0. The van der Waals surface area contributed by atoms with Crippen LogP contribution in [0.2, 0.25) is 0 Å². The van der Waals surface area contributed by atoms with E-state index in [9.17, 15) is 0 Å². The number of nitrogens with one attached hydrogen (secondary N) is 1. The Morgan fingerprint density at radius 1 is 0.593 bits per heavy atom. The van der Waals surface area contributed by atoms with Crippen LogP contribution in [0.25, 0.3) is 44.9 Å². The summed E-state index contributed by atoms with van der Waals surface area (Å²) in [6.45, 7) is 0. The van der Waals surface area contributed by atoms with Crippen LogP contribution in [0.15, 0.2) is 91.0 Å². The van der Waals surface area contributed by atoms with Crippen LogP contribution < -0.4 is 0 Å². The summed E-state index contributed by atoms with van der Waals surface area (Å²) >= 11 is 0. The molecule has 0 bridgehead atoms. The average Bonchev–Trinajstić information content (AvgIpc) is 3.19. The molecule has 0 aliphatic carbocycles. The van der Waals surface area contributed by atoms with Crippen molar-refractivity contribution in [1.82, 2.24) is 20.2 Å². The highest BCUT2D eigenvalue weighted by Gasteiger charge is 2.15. The van der Waals surface area contributed by atoms with Crippen LogP contribution in [-0.4, -0.2) is 20.2 Å². The molecule has 3 aromatic carbocycles. The minimum atomic E-state index is 0.588. The van der Waals surface area contributed by atoms with Crippen molar-refractivity contribution in [2.24, 2.45) is 0 Å². The first-order valence-corrected chi connectivity index (χ1v) is 8.82. The molecule has 2 aromatic heterocycles. The fraction of sp³-hybridized carbons (Fsp3) is 0. The minimum Gasteiger partial charge on any atom is -0.352 e. The highest BCUT2D eigenvalue weighted by Crippen LogP contribution is 2.30. The van der Waals surface area contributed by atoms with Gasteiger partial charge in [0.2, 0.25) is 0 Å². The second-order valence-electron chi connectivity index (χ2n) is 6.33. The van der Waals surface area contributed by atoms with E-state index in [-0.39, 0.29) is 0 Å². The van der Waals surface area contributed by atoms with Crippen molar-refractivity contribution < 1.29 is 0 Å². The van der Waals surface area contributed by atoms with Crippen LogP contribution in [0.1, 0.15) is 0 Å². The molecular weight excluding hydrogens is 332 g/mol. The number of para-hydroxylation sites is 1. The monoisotopic (exact) mass is 348 g/mol. The van der Waals surface area contributed by atoms with E-state index in [1.165, 1.54) is 0 Å². The van der Waals surface area contributed by atoms with E-state index in [4.69, 9.17) is 4.98 Å². The molecule has 0 unspecified atom stereocenters. The lowest BCUT2D eigenvalue weighted by molar-refractivity contribution is 0.985. The quantitative estimate of drug-likeness (QED) is 0.478. The second-order valence-corrected chi connectivity index (χ2v) is 6.33. The first-order chi connectivity index (χ1) is 13.4. The number of nitrogens with zero attached hydrogens (tertiary/aromatic N) is 3. The fourth-order valence-corrected chi connectivity index (χ4v) is 3.22. The van der Waals surface area contributed by atoms with Gasteiger partial charge in [0.05, 0.1) is 5.69 Å². The first-order valence-electron chi connectivity index (χ1n) is 8.82. The molecule has 0 aliphatic heterocycles. The SMILES string of the molecule is c1ccc(-c2nnc(-c3cc4ccccc4[nH]3)nc2-c2ccccc2)cc1. The Morgan fingerprint density at radius 2 is 1.22 bits per heavy atom. The minimum absolute atomic E-state index is 0.588. The second kappa shape index (κ2) is 6.50. The van der Waals surface area contributed by atoms with Gasteiger partial charge in [-0.2, -0.15) is 0 Å². The van der Waals surface area contributed by atoms with E-state index in [0.29, 0.717) is 5.82 Å². The Kier molecular flexibility index (Phi) is 3.72. The van der Waals surface area contributed by atoms with Crippen LogP contribution >= 0.6 is 0 Å². The molecule has 2 heterocycles. The van der Waals surface area contributed by atoms with Gasteiger partial charge in [-0.3, -0.25) is 0 Å². The van der Waals surface area contributed by atoms with Crippen molar-refractivity contribution in [1.29, 1.82) is 0 Å². The third-order valence-electron chi connectivity index (χ3n) is 4.55. The molecule has 0 saturated heterocycles. The van der Waals surface area contributed by atoms with Gasteiger partial charge in [0.15, 0.2) is 5.82 Å². The molecule has 0 radical (unpaired) electrons. The average molecular weight is 348 g/mol. The van der Waals surface area contributed by atoms with Gasteiger partial charge < -0.3 is 4.98 Å². The van der Waals surface area contributed by atoms with Crippen LogP contribution in [0.3, 0.4) is 0 Å². The highest BCUT2D eigenvalue weighted by atomic mass is 15.2. The number of H-pyrrole nitrogens is 1. The van der Waals surface area contributed by atoms with Crippen molar-refractivity contribution in [3.05, 3.63) is 91.0 Å². The maximum Gasteiger partial charge on any atom is 0.198 e. The summed E-state index contributed by atoms with van der Waals surface area (Å²) in [6.07, 6.45) is 0. The summed E-state index contributed by atoms with van der Waals surface area (Å²) in [5, 5.41) is 10.1. The number of aromatic amines is 1. The summed E-state index contributed by atoms with van der Waals surface area (Å²) in [4.78, 5) is 8.26. The van der Waals surface area contributed by atoms with Crippen LogP contribution in [-0.2, 0) is 0 Å². The fourth-order valence-electron chi connectivity index (χ4n) is 3.22. The first kappa shape index (κ1) is 15.5. The molecule has 0 atom stereocenters. The van der Waals surface area contributed by atoms with Crippen molar-refractivity contribution in [2.75, 3.05) is 0 Å². The number of benzene rings is 3. The molecule has 4 heteroatoms. The zero-order valence-electron chi connectivity index (χ0n) is 14.5. The largest absolute Gasteiger partial charge is 0.352 e. The van der Waals surface area contributed by atoms with Gasteiger partial charge in [-0.1, -0.05) is 78.9 Å². The Hall–Kier alpha value is -3.79. The Bertz CT molecular complexity index is 1180. The number of hydrogen-bond donors (Lipinski definition) is 1. The van der Waals surface area contributed by atoms with E-state index < -0.39 is 0 Å². The Morgan fingerprint density at radius 3 is 1.93 bits per heavy atom. The molecule has 0 amide bonds. The molecule has 0 fully saturated rings. The third kappa shape index (κ3) is 2.87. The molecule has 128 valence electrons. The summed E-state index contributed by atoms with van der Waals surface area (Å²) in [6, 6.07) is 30.4. The summed E-state index contributed by atoms with van der Waals surface area (Å²) in [5.41, 5.74) is 5.54. The highest BCUT2D eigenvalue weighted by molar-refractivity contribution is 5.85. The lowest BCUT2D eigenvalue weighted by Crippen LogP contribution is -2.00. The number of fused-ring (bicyclic) bond motifs is 1. The van der Waals surface area contributed by atoms with E-state index in [1.807, 2.05) is 78.9 Å². The summed E-state index contributed by atoms with van der Waals surface area (Å²) < 4.78 is 0. The van der Waals surface area contributed by atoms with E-state index in [0.717, 1.165) is 39.1 Å². The van der Waals surface area contributed by atoms with Crippen molar-refractivity contribution in [2.45, 2.75) is 0 Å². The molecule has 4 nitrogen and oxygen atoms in total. The van der Waals surface area contributed by atoms with Gasteiger partial charge in [-0.15, -0.1) is 10.2 Å². The maximum atomic E-state index is 4.88. The number of rotatable bonds is 3.